The van der Waals surface area contributed by atoms with E-state index in [-0.39, 0.29) is 0 Å². The van der Waals surface area contributed by atoms with Gasteiger partial charge in [-0.3, -0.25) is 4.99 Å². The first kappa shape index (κ1) is 21.2. The van der Waals surface area contributed by atoms with E-state index < -0.39 is 0 Å². The Morgan fingerprint density at radius 2 is 1.90 bits per heavy atom. The van der Waals surface area contributed by atoms with Crippen LogP contribution in [0.1, 0.15) is 12.0 Å². The first-order chi connectivity index (χ1) is 15.2. The smallest absolute Gasteiger partial charge is 0.191 e. The Morgan fingerprint density at radius 3 is 2.74 bits per heavy atom. The number of aromatic nitrogens is 2. The van der Waals surface area contributed by atoms with Gasteiger partial charge in [-0.1, -0.05) is 18.2 Å². The lowest BCUT2D eigenvalue weighted by atomic mass is 10.2. The average molecular weight is 420 g/mol. The van der Waals surface area contributed by atoms with Gasteiger partial charge < -0.3 is 25.0 Å². The van der Waals surface area contributed by atoms with Crippen molar-refractivity contribution in [2.24, 2.45) is 4.99 Å². The van der Waals surface area contributed by atoms with Gasteiger partial charge in [-0.25, -0.2) is 4.98 Å². The van der Waals surface area contributed by atoms with E-state index in [4.69, 9.17) is 0 Å². The van der Waals surface area contributed by atoms with Crippen molar-refractivity contribution in [3.63, 3.8) is 0 Å². The zero-order valence-corrected chi connectivity index (χ0v) is 18.6. The maximum Gasteiger partial charge on any atom is 0.191 e. The van der Waals surface area contributed by atoms with E-state index in [9.17, 15) is 0 Å². The van der Waals surface area contributed by atoms with Gasteiger partial charge in [0.25, 0.3) is 0 Å². The van der Waals surface area contributed by atoms with Gasteiger partial charge >= 0.3 is 0 Å². The van der Waals surface area contributed by atoms with Crippen LogP contribution in [-0.4, -0.2) is 67.2 Å². The standard InChI is InChI=1S/C24H33N7/c1-25-24(27-10-5-12-30-13-9-21-6-3-4-7-22(21)30)28-19-20-8-11-26-23(18-20)31-16-14-29(2)15-17-31/h3-4,6-9,11,13,18H,5,10,12,14-17,19H2,1-2H3,(H2,25,27,28). The number of pyridine rings is 1. The summed E-state index contributed by atoms with van der Waals surface area (Å²) in [6, 6.07) is 14.9. The molecular formula is C24H33N7. The van der Waals surface area contributed by atoms with E-state index in [0.29, 0.717) is 0 Å². The highest BCUT2D eigenvalue weighted by Gasteiger charge is 2.15. The fourth-order valence-corrected chi connectivity index (χ4v) is 3.98. The minimum Gasteiger partial charge on any atom is -0.356 e. The summed E-state index contributed by atoms with van der Waals surface area (Å²) in [5.41, 5.74) is 2.50. The van der Waals surface area contributed by atoms with Gasteiger partial charge in [-0.15, -0.1) is 0 Å². The predicted molar refractivity (Wildman–Crippen MR) is 129 cm³/mol. The Morgan fingerprint density at radius 1 is 1.06 bits per heavy atom. The number of nitrogens with zero attached hydrogens (tertiary/aromatic N) is 5. The van der Waals surface area contributed by atoms with Crippen molar-refractivity contribution in [2.75, 3.05) is 51.7 Å². The minimum absolute atomic E-state index is 0.727. The molecule has 2 N–H and O–H groups in total. The van der Waals surface area contributed by atoms with Gasteiger partial charge in [0.15, 0.2) is 5.96 Å². The number of anilines is 1. The van der Waals surface area contributed by atoms with Crippen LogP contribution in [0.3, 0.4) is 0 Å². The molecule has 0 amide bonds. The van der Waals surface area contributed by atoms with Crippen LogP contribution in [0.4, 0.5) is 5.82 Å². The number of hydrogen-bond acceptors (Lipinski definition) is 4. The van der Waals surface area contributed by atoms with E-state index in [1.807, 2.05) is 13.2 Å². The molecule has 2 aromatic heterocycles. The maximum absolute atomic E-state index is 4.57. The lowest BCUT2D eigenvalue weighted by Gasteiger charge is -2.33. The molecule has 3 heterocycles. The van der Waals surface area contributed by atoms with E-state index >= 15 is 0 Å². The van der Waals surface area contributed by atoms with Crippen molar-refractivity contribution in [2.45, 2.75) is 19.5 Å². The summed E-state index contributed by atoms with van der Waals surface area (Å²) in [4.78, 5) is 13.7. The van der Waals surface area contributed by atoms with Gasteiger partial charge in [0.1, 0.15) is 5.82 Å². The quantitative estimate of drug-likeness (QED) is 0.350. The molecule has 0 radical (unpaired) electrons. The van der Waals surface area contributed by atoms with Gasteiger partial charge in [-0.05, 0) is 48.7 Å². The van der Waals surface area contributed by atoms with Gasteiger partial charge in [0.05, 0.1) is 0 Å². The molecule has 0 unspecified atom stereocenters. The highest BCUT2D eigenvalue weighted by Crippen LogP contribution is 2.16. The highest BCUT2D eigenvalue weighted by molar-refractivity contribution is 5.80. The molecule has 1 aliphatic heterocycles. The number of guanidine groups is 1. The first-order valence-electron chi connectivity index (χ1n) is 11.1. The fourth-order valence-electron chi connectivity index (χ4n) is 3.98. The van der Waals surface area contributed by atoms with Crippen LogP contribution >= 0.6 is 0 Å². The van der Waals surface area contributed by atoms with E-state index in [2.05, 4.69) is 90.7 Å². The second-order valence-electron chi connectivity index (χ2n) is 8.09. The normalized spacial score (nSPS) is 15.4. The SMILES string of the molecule is CN=C(NCCCn1ccc2ccccc21)NCc1ccnc(N2CCN(C)CC2)c1. The molecule has 7 nitrogen and oxygen atoms in total. The number of nitrogens with one attached hydrogen (secondary N) is 2. The Kier molecular flexibility index (Phi) is 7.04. The number of fused-ring (bicyclic) bond motifs is 1. The molecule has 1 aromatic carbocycles. The molecule has 0 saturated carbocycles. The summed E-state index contributed by atoms with van der Waals surface area (Å²) in [6.07, 6.45) is 5.10. The number of para-hydroxylation sites is 1. The van der Waals surface area contributed by atoms with E-state index in [1.165, 1.54) is 16.5 Å². The van der Waals surface area contributed by atoms with Crippen molar-refractivity contribution in [1.82, 2.24) is 25.1 Å². The maximum atomic E-state index is 4.57. The minimum atomic E-state index is 0.727. The van der Waals surface area contributed by atoms with Gasteiger partial charge in [-0.2, -0.15) is 0 Å². The second-order valence-corrected chi connectivity index (χ2v) is 8.09. The zero-order valence-electron chi connectivity index (χ0n) is 18.6. The molecule has 164 valence electrons. The van der Waals surface area contributed by atoms with Crippen molar-refractivity contribution in [3.8, 4) is 0 Å². The number of likely N-dealkylation sites (N-methyl/N-ethyl adjacent to an activating group) is 1. The molecule has 1 fully saturated rings. The molecule has 0 atom stereocenters. The highest BCUT2D eigenvalue weighted by atomic mass is 15.3. The Labute approximate surface area is 184 Å². The predicted octanol–water partition coefficient (Wildman–Crippen LogP) is 2.54. The molecular weight excluding hydrogens is 386 g/mol. The van der Waals surface area contributed by atoms with Crippen LogP contribution < -0.4 is 15.5 Å². The van der Waals surface area contributed by atoms with Crippen LogP contribution in [-0.2, 0) is 13.1 Å². The van der Waals surface area contributed by atoms with Gasteiger partial charge in [0.2, 0.25) is 0 Å². The molecule has 0 bridgehead atoms. The summed E-state index contributed by atoms with van der Waals surface area (Å²) in [7, 11) is 3.99. The van der Waals surface area contributed by atoms with Crippen LogP contribution in [0.25, 0.3) is 10.9 Å². The Bertz CT molecular complexity index is 1000. The van der Waals surface area contributed by atoms with E-state index in [1.54, 1.807) is 0 Å². The molecule has 31 heavy (non-hydrogen) atoms. The number of piperazine rings is 1. The van der Waals surface area contributed by atoms with Crippen LogP contribution in [0.2, 0.25) is 0 Å². The summed E-state index contributed by atoms with van der Waals surface area (Å²) in [6.45, 7) is 6.80. The van der Waals surface area contributed by atoms with Gasteiger partial charge in [0, 0.05) is 70.8 Å². The Hall–Kier alpha value is -3.06. The summed E-state index contributed by atoms with van der Waals surface area (Å²) in [5.74, 6) is 1.89. The topological polar surface area (TPSA) is 60.7 Å². The summed E-state index contributed by atoms with van der Waals surface area (Å²) >= 11 is 0. The number of hydrogen-bond donors (Lipinski definition) is 2. The molecule has 0 spiro atoms. The zero-order chi connectivity index (χ0) is 21.5. The van der Waals surface area contributed by atoms with Crippen LogP contribution in [0, 0.1) is 0 Å². The second kappa shape index (κ2) is 10.3. The largest absolute Gasteiger partial charge is 0.356 e. The molecule has 3 aromatic rings. The third-order valence-corrected chi connectivity index (χ3v) is 5.87. The van der Waals surface area contributed by atoms with Crippen molar-refractivity contribution in [1.29, 1.82) is 0 Å². The number of aryl methyl sites for hydroxylation is 1. The van der Waals surface area contributed by atoms with Crippen LogP contribution in [0.5, 0.6) is 0 Å². The third kappa shape index (κ3) is 5.55. The lowest BCUT2D eigenvalue weighted by molar-refractivity contribution is 0.312. The third-order valence-electron chi connectivity index (χ3n) is 5.87. The van der Waals surface area contributed by atoms with Crippen molar-refractivity contribution in [3.05, 3.63) is 60.4 Å². The number of benzene rings is 1. The first-order valence-corrected chi connectivity index (χ1v) is 11.1. The van der Waals surface area contributed by atoms with Crippen LogP contribution in [0.15, 0.2) is 59.9 Å². The number of aliphatic imine (C=N–C) groups is 1. The molecule has 0 aliphatic carbocycles. The fraction of sp³-hybridized carbons (Fsp3) is 0.417. The van der Waals surface area contributed by atoms with Crippen molar-refractivity contribution < 1.29 is 0 Å². The van der Waals surface area contributed by atoms with Crippen molar-refractivity contribution >= 4 is 22.7 Å². The molecule has 7 heteroatoms. The summed E-state index contributed by atoms with van der Waals surface area (Å²) in [5, 5.41) is 8.14. The summed E-state index contributed by atoms with van der Waals surface area (Å²) < 4.78 is 2.31. The molecule has 4 rings (SSSR count). The average Bonchev–Trinajstić information content (AvgIpc) is 3.22. The molecule has 1 saturated heterocycles. The molecule has 1 aliphatic rings. The van der Waals surface area contributed by atoms with E-state index in [0.717, 1.165) is 64.0 Å². The monoisotopic (exact) mass is 419 g/mol. The Balaban J connectivity index is 1.23. The lowest BCUT2D eigenvalue weighted by Crippen LogP contribution is -2.44. The number of rotatable bonds is 7.